The SMILES string of the molecule is CC(C)OC(=O)NC1CCC(c2ncc(-c3ccc(N)cc3S(=O)(=O)C3CC3)s2)CC1. The minimum atomic E-state index is -3.36. The van der Waals surface area contributed by atoms with Crippen LogP contribution in [0.15, 0.2) is 29.3 Å². The van der Waals surface area contributed by atoms with Crippen LogP contribution in [0.3, 0.4) is 0 Å². The van der Waals surface area contributed by atoms with Crippen molar-refractivity contribution < 1.29 is 17.9 Å². The van der Waals surface area contributed by atoms with Crippen LogP contribution in [0.5, 0.6) is 0 Å². The van der Waals surface area contributed by atoms with E-state index in [9.17, 15) is 13.2 Å². The molecule has 9 heteroatoms. The predicted octanol–water partition coefficient (Wildman–Crippen LogP) is 4.49. The van der Waals surface area contributed by atoms with Crippen molar-refractivity contribution >= 4 is 33.0 Å². The molecule has 2 fully saturated rings. The molecule has 2 aromatic rings. The lowest BCUT2D eigenvalue weighted by atomic mass is 9.86. The molecular weight excluding hydrogens is 434 g/mol. The number of amides is 1. The first kappa shape index (κ1) is 22.1. The number of hydrogen-bond acceptors (Lipinski definition) is 7. The third kappa shape index (κ3) is 5.03. The van der Waals surface area contributed by atoms with E-state index in [1.807, 2.05) is 13.8 Å². The van der Waals surface area contributed by atoms with Crippen LogP contribution in [0, 0.1) is 0 Å². The number of hydrogen-bond donors (Lipinski definition) is 2. The van der Waals surface area contributed by atoms with Gasteiger partial charge in [0.25, 0.3) is 0 Å². The second-order valence-electron chi connectivity index (χ2n) is 8.71. The van der Waals surface area contributed by atoms with Gasteiger partial charge in [0.1, 0.15) is 0 Å². The normalized spacial score (nSPS) is 21.8. The molecule has 3 N–H and O–H groups in total. The molecule has 1 aromatic carbocycles. The average molecular weight is 464 g/mol. The molecule has 0 unspecified atom stereocenters. The van der Waals surface area contributed by atoms with Crippen LogP contribution in [-0.4, -0.2) is 36.9 Å². The zero-order chi connectivity index (χ0) is 22.2. The summed E-state index contributed by atoms with van der Waals surface area (Å²) in [4.78, 5) is 17.6. The van der Waals surface area contributed by atoms with Crippen LogP contribution < -0.4 is 11.1 Å². The largest absolute Gasteiger partial charge is 0.447 e. The van der Waals surface area contributed by atoms with Gasteiger partial charge in [0, 0.05) is 29.4 Å². The molecule has 2 aliphatic rings. The predicted molar refractivity (Wildman–Crippen MR) is 122 cm³/mol. The molecule has 2 saturated carbocycles. The fourth-order valence-electron chi connectivity index (χ4n) is 4.04. The summed E-state index contributed by atoms with van der Waals surface area (Å²) in [5, 5.41) is 3.67. The highest BCUT2D eigenvalue weighted by Gasteiger charge is 2.38. The van der Waals surface area contributed by atoms with Gasteiger partial charge in [-0.05, 0) is 64.5 Å². The smallest absolute Gasteiger partial charge is 0.407 e. The summed E-state index contributed by atoms with van der Waals surface area (Å²) < 4.78 is 31.0. The van der Waals surface area contributed by atoms with Crippen molar-refractivity contribution in [2.45, 2.75) is 80.6 Å². The number of nitrogens with one attached hydrogen (secondary N) is 1. The minimum Gasteiger partial charge on any atom is -0.447 e. The maximum atomic E-state index is 12.9. The summed E-state index contributed by atoms with van der Waals surface area (Å²) in [5.74, 6) is 0.315. The maximum absolute atomic E-state index is 12.9. The van der Waals surface area contributed by atoms with Crippen molar-refractivity contribution in [1.82, 2.24) is 10.3 Å². The first-order valence-electron chi connectivity index (χ1n) is 10.8. The standard InChI is InChI=1S/C22H29N3O4S2/c1-13(2)29-22(26)25-16-6-3-14(4-7-16)21-24-12-19(30-21)18-10-5-15(23)11-20(18)31(27,28)17-8-9-17/h5,10-14,16-17H,3-4,6-9,23H2,1-2H3,(H,25,26). The van der Waals surface area contributed by atoms with E-state index >= 15 is 0 Å². The Balaban J connectivity index is 1.46. The molecule has 0 atom stereocenters. The van der Waals surface area contributed by atoms with Crippen molar-refractivity contribution in [3.63, 3.8) is 0 Å². The van der Waals surface area contributed by atoms with Crippen molar-refractivity contribution in [2.75, 3.05) is 5.73 Å². The summed E-state index contributed by atoms with van der Waals surface area (Å²) in [6.07, 6.45) is 6.31. The number of thiazole rings is 1. The molecular formula is C22H29N3O4S2. The first-order valence-corrected chi connectivity index (χ1v) is 13.2. The van der Waals surface area contributed by atoms with E-state index in [-0.39, 0.29) is 23.5 Å². The van der Waals surface area contributed by atoms with Crippen LogP contribution in [0.2, 0.25) is 0 Å². The summed E-state index contributed by atoms with van der Waals surface area (Å²) in [6.45, 7) is 3.66. The van der Waals surface area contributed by atoms with Gasteiger partial charge in [0.2, 0.25) is 0 Å². The molecule has 0 radical (unpaired) electrons. The lowest BCUT2D eigenvalue weighted by molar-refractivity contribution is 0.109. The lowest BCUT2D eigenvalue weighted by Gasteiger charge is -2.28. The molecule has 1 aromatic heterocycles. The summed E-state index contributed by atoms with van der Waals surface area (Å²) in [5.41, 5.74) is 7.05. The van der Waals surface area contributed by atoms with Gasteiger partial charge >= 0.3 is 6.09 Å². The Morgan fingerprint density at radius 3 is 2.55 bits per heavy atom. The summed E-state index contributed by atoms with van der Waals surface area (Å²) in [6, 6.07) is 5.24. The molecule has 4 rings (SSSR count). The molecule has 2 aliphatic carbocycles. The molecule has 1 heterocycles. The number of carbonyl (C=O) groups is 1. The van der Waals surface area contributed by atoms with E-state index in [0.29, 0.717) is 34.9 Å². The Morgan fingerprint density at radius 1 is 1.19 bits per heavy atom. The van der Waals surface area contributed by atoms with E-state index in [2.05, 4.69) is 10.3 Å². The number of nitrogen functional groups attached to an aromatic ring is 1. The quantitative estimate of drug-likeness (QED) is 0.611. The fraction of sp³-hybridized carbons (Fsp3) is 0.545. The monoisotopic (exact) mass is 463 g/mol. The van der Waals surface area contributed by atoms with Gasteiger partial charge in [0.15, 0.2) is 9.84 Å². The van der Waals surface area contributed by atoms with Gasteiger partial charge in [-0.3, -0.25) is 0 Å². The second-order valence-corrected chi connectivity index (χ2v) is 12.0. The zero-order valence-electron chi connectivity index (χ0n) is 17.8. The van der Waals surface area contributed by atoms with Gasteiger partial charge in [-0.2, -0.15) is 0 Å². The summed E-state index contributed by atoms with van der Waals surface area (Å²) >= 11 is 1.56. The lowest BCUT2D eigenvalue weighted by Crippen LogP contribution is -2.38. The molecule has 0 bridgehead atoms. The fourth-order valence-corrected chi connectivity index (χ4v) is 7.13. The number of ether oxygens (including phenoxy) is 1. The second kappa shape index (κ2) is 8.78. The van der Waals surface area contributed by atoms with Crippen LogP contribution in [0.1, 0.15) is 63.3 Å². The number of sulfone groups is 1. The Hall–Kier alpha value is -2.13. The number of nitrogens with zero attached hydrogens (tertiary/aromatic N) is 1. The highest BCUT2D eigenvalue weighted by molar-refractivity contribution is 7.92. The maximum Gasteiger partial charge on any atom is 0.407 e. The Morgan fingerprint density at radius 2 is 1.90 bits per heavy atom. The Labute approximate surface area is 187 Å². The number of benzene rings is 1. The van der Waals surface area contributed by atoms with E-state index in [1.165, 1.54) is 0 Å². The van der Waals surface area contributed by atoms with Gasteiger partial charge in [-0.1, -0.05) is 6.07 Å². The van der Waals surface area contributed by atoms with Crippen LogP contribution in [0.25, 0.3) is 10.4 Å². The van der Waals surface area contributed by atoms with Crippen molar-refractivity contribution in [3.8, 4) is 10.4 Å². The number of rotatable bonds is 6. The number of carbonyl (C=O) groups excluding carboxylic acids is 1. The highest BCUT2D eigenvalue weighted by Crippen LogP contribution is 2.42. The Bertz CT molecular complexity index is 1050. The van der Waals surface area contributed by atoms with Crippen LogP contribution in [-0.2, 0) is 14.6 Å². The van der Waals surface area contributed by atoms with E-state index in [0.717, 1.165) is 35.6 Å². The van der Waals surface area contributed by atoms with Crippen LogP contribution >= 0.6 is 11.3 Å². The van der Waals surface area contributed by atoms with Gasteiger partial charge in [-0.25, -0.2) is 18.2 Å². The number of anilines is 1. The molecule has 1 amide bonds. The van der Waals surface area contributed by atoms with Gasteiger partial charge < -0.3 is 15.8 Å². The van der Waals surface area contributed by atoms with Crippen molar-refractivity contribution in [2.24, 2.45) is 0 Å². The van der Waals surface area contributed by atoms with Crippen LogP contribution in [0.4, 0.5) is 10.5 Å². The van der Waals surface area contributed by atoms with Gasteiger partial charge in [0.05, 0.1) is 26.1 Å². The topological polar surface area (TPSA) is 111 Å². The molecule has 168 valence electrons. The molecule has 0 saturated heterocycles. The minimum absolute atomic E-state index is 0.120. The van der Waals surface area contributed by atoms with Crippen molar-refractivity contribution in [3.05, 3.63) is 29.4 Å². The van der Waals surface area contributed by atoms with E-state index < -0.39 is 9.84 Å². The summed E-state index contributed by atoms with van der Waals surface area (Å²) in [7, 11) is -3.36. The van der Waals surface area contributed by atoms with E-state index in [1.54, 1.807) is 35.7 Å². The molecule has 0 spiro atoms. The molecule has 7 nitrogen and oxygen atoms in total. The molecule has 31 heavy (non-hydrogen) atoms. The van der Waals surface area contributed by atoms with E-state index in [4.69, 9.17) is 10.5 Å². The highest BCUT2D eigenvalue weighted by atomic mass is 32.2. The zero-order valence-corrected chi connectivity index (χ0v) is 19.5. The third-order valence-corrected chi connectivity index (χ3v) is 9.30. The number of aromatic nitrogens is 1. The average Bonchev–Trinajstić information content (AvgIpc) is 3.47. The van der Waals surface area contributed by atoms with Gasteiger partial charge in [-0.15, -0.1) is 11.3 Å². The number of alkyl carbamates (subject to hydrolysis) is 1. The first-order chi connectivity index (χ1) is 14.7. The van der Waals surface area contributed by atoms with Crippen molar-refractivity contribution in [1.29, 1.82) is 0 Å². The third-order valence-electron chi connectivity index (χ3n) is 5.81. The Kier molecular flexibility index (Phi) is 6.25. The molecule has 0 aliphatic heterocycles. The number of nitrogens with two attached hydrogens (primary N) is 1.